The van der Waals surface area contributed by atoms with Gasteiger partial charge in [-0.05, 0) is 54.9 Å². The van der Waals surface area contributed by atoms with E-state index in [0.29, 0.717) is 18.8 Å². The van der Waals surface area contributed by atoms with Crippen LogP contribution < -0.4 is 15.0 Å². The normalized spacial score (nSPS) is 14.5. The fraction of sp³-hybridized carbons (Fsp3) is 0.360. The highest BCUT2D eigenvalue weighted by Gasteiger charge is 2.13. The van der Waals surface area contributed by atoms with E-state index in [2.05, 4.69) is 44.4 Å². The number of hydrogen-bond acceptors (Lipinski definition) is 6. The number of nitrogens with zero attached hydrogens (tertiary/aromatic N) is 3. The van der Waals surface area contributed by atoms with Gasteiger partial charge in [-0.15, -0.1) is 11.3 Å². The summed E-state index contributed by atoms with van der Waals surface area (Å²) >= 11 is 1.55. The molecule has 1 aromatic heterocycles. The molecule has 0 saturated carbocycles. The Balaban J connectivity index is 1.55. The van der Waals surface area contributed by atoms with Crippen molar-refractivity contribution in [1.29, 1.82) is 0 Å². The zero-order chi connectivity index (χ0) is 23.8. The van der Waals surface area contributed by atoms with E-state index in [-0.39, 0.29) is 12.2 Å². The van der Waals surface area contributed by atoms with Gasteiger partial charge in [0, 0.05) is 37.2 Å². The summed E-state index contributed by atoms with van der Waals surface area (Å²) in [7, 11) is 0. The van der Waals surface area contributed by atoms with Crippen LogP contribution in [-0.2, 0) is 16.1 Å². The van der Waals surface area contributed by atoms with E-state index in [4.69, 9.17) is 14.8 Å². The van der Waals surface area contributed by atoms with Crippen molar-refractivity contribution >= 4 is 28.7 Å². The van der Waals surface area contributed by atoms with Crippen molar-refractivity contribution in [2.75, 3.05) is 44.3 Å². The van der Waals surface area contributed by atoms with Crippen LogP contribution in [0.3, 0.4) is 0 Å². The number of halogens is 1. The predicted octanol–water partition coefficient (Wildman–Crippen LogP) is 3.88. The van der Waals surface area contributed by atoms with Crippen LogP contribution in [-0.4, -0.2) is 55.0 Å². The first-order valence-electron chi connectivity index (χ1n) is 11.4. The molecule has 1 aliphatic heterocycles. The lowest BCUT2D eigenvalue weighted by Crippen LogP contribution is -2.36. The number of ether oxygens (including phenoxy) is 1. The number of rotatable bonds is 10. The summed E-state index contributed by atoms with van der Waals surface area (Å²) in [6.45, 7) is 5.18. The first kappa shape index (κ1) is 24.1. The molecule has 3 aromatic rings. The molecular formula is C25H29FN4O3S. The zero-order valence-corrected chi connectivity index (χ0v) is 19.8. The van der Waals surface area contributed by atoms with Gasteiger partial charge in [-0.3, -0.25) is 4.79 Å². The number of aliphatic carboxylic acids is 1. The van der Waals surface area contributed by atoms with Crippen LogP contribution in [0.4, 0.5) is 15.8 Å². The Bertz CT molecular complexity index is 1140. The summed E-state index contributed by atoms with van der Waals surface area (Å²) in [6, 6.07) is 14.7. The minimum atomic E-state index is -0.803. The van der Waals surface area contributed by atoms with Gasteiger partial charge in [0.15, 0.2) is 4.80 Å². The van der Waals surface area contributed by atoms with E-state index < -0.39 is 5.97 Å². The molecule has 2 heterocycles. The molecule has 0 unspecified atom stereocenters. The summed E-state index contributed by atoms with van der Waals surface area (Å²) in [5, 5.41) is 14.1. The number of carboxylic acids is 1. The SMILES string of the molecule is O=C(O)CCNCCCn1c(-c2ccc(N3CCOCC3)cc2)csc1=Nc1ccc(F)cc1. The summed E-state index contributed by atoms with van der Waals surface area (Å²) in [5.74, 6) is -1.09. The highest BCUT2D eigenvalue weighted by Crippen LogP contribution is 2.25. The minimum Gasteiger partial charge on any atom is -0.481 e. The number of carboxylic acid groups (broad SMARTS) is 1. The Labute approximate surface area is 202 Å². The first-order chi connectivity index (χ1) is 16.6. The number of morpholine rings is 1. The number of anilines is 1. The van der Waals surface area contributed by atoms with Gasteiger partial charge in [-0.25, -0.2) is 9.38 Å². The average molecular weight is 485 g/mol. The Morgan fingerprint density at radius 2 is 1.82 bits per heavy atom. The van der Waals surface area contributed by atoms with Crippen molar-refractivity contribution in [1.82, 2.24) is 9.88 Å². The second-order valence-corrected chi connectivity index (χ2v) is 8.87. The Morgan fingerprint density at radius 1 is 1.09 bits per heavy atom. The number of benzene rings is 2. The highest BCUT2D eigenvalue weighted by atomic mass is 32.1. The molecule has 1 saturated heterocycles. The van der Waals surface area contributed by atoms with Crippen molar-refractivity contribution < 1.29 is 19.0 Å². The van der Waals surface area contributed by atoms with Gasteiger partial charge in [-0.1, -0.05) is 12.1 Å². The van der Waals surface area contributed by atoms with Crippen molar-refractivity contribution in [3.63, 3.8) is 0 Å². The summed E-state index contributed by atoms with van der Waals surface area (Å²) in [4.78, 5) is 18.6. The molecule has 1 fully saturated rings. The van der Waals surface area contributed by atoms with Gasteiger partial charge < -0.3 is 24.6 Å². The molecule has 180 valence electrons. The van der Waals surface area contributed by atoms with E-state index in [1.165, 1.54) is 17.8 Å². The van der Waals surface area contributed by atoms with E-state index in [1.54, 1.807) is 23.5 Å². The quantitative estimate of drug-likeness (QED) is 0.427. The van der Waals surface area contributed by atoms with Gasteiger partial charge in [0.25, 0.3) is 0 Å². The molecule has 0 aliphatic carbocycles. The topological polar surface area (TPSA) is 79.1 Å². The minimum absolute atomic E-state index is 0.109. The van der Waals surface area contributed by atoms with Gasteiger partial charge in [-0.2, -0.15) is 0 Å². The smallest absolute Gasteiger partial charge is 0.304 e. The second kappa shape index (κ2) is 11.9. The standard InChI is InChI=1S/C25H29FN4O3S/c26-20-4-6-21(7-5-20)28-25-30(13-1-11-27-12-10-24(31)32)23(18-34-25)19-2-8-22(9-3-19)29-14-16-33-17-15-29/h2-9,18,27H,1,10-17H2,(H,31,32). The van der Waals surface area contributed by atoms with Crippen molar-refractivity contribution in [2.45, 2.75) is 19.4 Å². The van der Waals surface area contributed by atoms with Crippen LogP contribution >= 0.6 is 11.3 Å². The molecule has 9 heteroatoms. The molecule has 0 radical (unpaired) electrons. The maximum absolute atomic E-state index is 13.3. The molecular weight excluding hydrogens is 455 g/mol. The fourth-order valence-electron chi connectivity index (χ4n) is 3.84. The third-order valence-electron chi connectivity index (χ3n) is 5.64. The molecule has 7 nitrogen and oxygen atoms in total. The van der Waals surface area contributed by atoms with Crippen LogP contribution in [0, 0.1) is 5.82 Å². The maximum Gasteiger partial charge on any atom is 0.304 e. The second-order valence-electron chi connectivity index (χ2n) is 8.04. The summed E-state index contributed by atoms with van der Waals surface area (Å²) < 4.78 is 20.9. The maximum atomic E-state index is 13.3. The molecule has 1 aliphatic rings. The largest absolute Gasteiger partial charge is 0.481 e. The number of hydrogen-bond donors (Lipinski definition) is 2. The number of thiazole rings is 1. The number of aromatic nitrogens is 1. The third kappa shape index (κ3) is 6.53. The molecule has 2 aromatic carbocycles. The monoisotopic (exact) mass is 484 g/mol. The van der Waals surface area contributed by atoms with E-state index in [1.807, 2.05) is 0 Å². The van der Waals surface area contributed by atoms with Crippen LogP contribution in [0.25, 0.3) is 11.3 Å². The molecule has 0 atom stereocenters. The van der Waals surface area contributed by atoms with E-state index in [9.17, 15) is 9.18 Å². The average Bonchev–Trinajstić information content (AvgIpc) is 3.25. The predicted molar refractivity (Wildman–Crippen MR) is 132 cm³/mol. The van der Waals surface area contributed by atoms with Crippen LogP contribution in [0.15, 0.2) is 58.9 Å². The van der Waals surface area contributed by atoms with Gasteiger partial charge in [0.1, 0.15) is 5.82 Å². The van der Waals surface area contributed by atoms with E-state index in [0.717, 1.165) is 55.3 Å². The van der Waals surface area contributed by atoms with E-state index >= 15 is 0 Å². The molecule has 2 N–H and O–H groups in total. The fourth-order valence-corrected chi connectivity index (χ4v) is 4.79. The first-order valence-corrected chi connectivity index (χ1v) is 12.3. The van der Waals surface area contributed by atoms with Crippen LogP contribution in [0.1, 0.15) is 12.8 Å². The zero-order valence-electron chi connectivity index (χ0n) is 19.0. The van der Waals surface area contributed by atoms with Crippen molar-refractivity contribution in [2.24, 2.45) is 4.99 Å². The van der Waals surface area contributed by atoms with Gasteiger partial charge in [0.05, 0.1) is 31.0 Å². The molecule has 34 heavy (non-hydrogen) atoms. The van der Waals surface area contributed by atoms with Crippen LogP contribution in [0.5, 0.6) is 0 Å². The Morgan fingerprint density at radius 3 is 2.53 bits per heavy atom. The summed E-state index contributed by atoms with van der Waals surface area (Å²) in [5.41, 5.74) is 4.07. The van der Waals surface area contributed by atoms with Gasteiger partial charge >= 0.3 is 5.97 Å². The Kier molecular flexibility index (Phi) is 8.46. The number of carbonyl (C=O) groups is 1. The number of nitrogens with one attached hydrogen (secondary N) is 1. The lowest BCUT2D eigenvalue weighted by molar-refractivity contribution is -0.136. The highest BCUT2D eigenvalue weighted by molar-refractivity contribution is 7.07. The summed E-state index contributed by atoms with van der Waals surface area (Å²) in [6.07, 6.45) is 0.934. The van der Waals surface area contributed by atoms with Crippen LogP contribution in [0.2, 0.25) is 0 Å². The van der Waals surface area contributed by atoms with Crippen molar-refractivity contribution in [3.05, 3.63) is 64.5 Å². The molecule has 0 amide bonds. The molecule has 0 bridgehead atoms. The molecule has 0 spiro atoms. The lowest BCUT2D eigenvalue weighted by atomic mass is 10.1. The third-order valence-corrected chi connectivity index (χ3v) is 6.50. The molecule has 4 rings (SSSR count). The van der Waals surface area contributed by atoms with Crippen molar-refractivity contribution in [3.8, 4) is 11.3 Å². The van der Waals surface area contributed by atoms with Gasteiger partial charge in [0.2, 0.25) is 0 Å². The lowest BCUT2D eigenvalue weighted by Gasteiger charge is -2.28. The Hall–Kier alpha value is -3.01.